The number of aliphatic hydroxyl groups is 1. The van der Waals surface area contributed by atoms with Crippen LogP contribution in [0.5, 0.6) is 5.75 Å². The van der Waals surface area contributed by atoms with Crippen LogP contribution in [0.3, 0.4) is 0 Å². The predicted octanol–water partition coefficient (Wildman–Crippen LogP) is 4.14. The lowest BCUT2D eigenvalue weighted by atomic mass is 10.1. The molecule has 1 N–H and O–H groups in total. The molecule has 0 unspecified atom stereocenters. The molecule has 0 atom stereocenters. The van der Waals surface area contributed by atoms with Gasteiger partial charge >= 0.3 is 0 Å². The SMILES string of the molecule is CCCOc1ccc(C2=C(SCCO)C(=O)N(c3ccccc3Cl)C2=O)cc1. The van der Waals surface area contributed by atoms with Crippen molar-refractivity contribution in [3.63, 3.8) is 0 Å². The number of carbonyl (C=O) groups is 2. The molecular formula is C21H20ClNO4S. The predicted molar refractivity (Wildman–Crippen MR) is 113 cm³/mol. The first-order valence-electron chi connectivity index (χ1n) is 8.93. The van der Waals surface area contributed by atoms with E-state index in [1.807, 2.05) is 6.92 Å². The van der Waals surface area contributed by atoms with Crippen molar-refractivity contribution in [2.45, 2.75) is 13.3 Å². The molecule has 28 heavy (non-hydrogen) atoms. The molecule has 0 aromatic heterocycles. The molecule has 0 spiro atoms. The number of hydrogen-bond acceptors (Lipinski definition) is 5. The minimum Gasteiger partial charge on any atom is -0.494 e. The third kappa shape index (κ3) is 4.09. The fourth-order valence-corrected chi connectivity index (χ4v) is 3.92. The van der Waals surface area contributed by atoms with E-state index in [9.17, 15) is 14.7 Å². The minimum atomic E-state index is -0.433. The maximum atomic E-state index is 13.2. The van der Waals surface area contributed by atoms with Crippen molar-refractivity contribution in [2.75, 3.05) is 23.9 Å². The second-order valence-electron chi connectivity index (χ2n) is 6.05. The molecule has 2 aromatic rings. The van der Waals surface area contributed by atoms with Gasteiger partial charge in [0.1, 0.15) is 5.75 Å². The summed E-state index contributed by atoms with van der Waals surface area (Å²) in [6, 6.07) is 13.8. The van der Waals surface area contributed by atoms with Crippen molar-refractivity contribution in [1.29, 1.82) is 0 Å². The van der Waals surface area contributed by atoms with Crippen molar-refractivity contribution < 1.29 is 19.4 Å². The summed E-state index contributed by atoms with van der Waals surface area (Å²) < 4.78 is 5.58. The molecule has 0 aliphatic carbocycles. The van der Waals surface area contributed by atoms with Gasteiger partial charge in [0, 0.05) is 5.75 Å². The van der Waals surface area contributed by atoms with E-state index < -0.39 is 11.8 Å². The van der Waals surface area contributed by atoms with Crippen LogP contribution in [0.15, 0.2) is 53.4 Å². The standard InChI is InChI=1S/C21H20ClNO4S/c1-2-12-27-15-9-7-14(8-10-15)18-19(28-13-11-24)21(26)23(20(18)25)17-6-4-3-5-16(17)22/h3-10,24H,2,11-13H2,1H3. The highest BCUT2D eigenvalue weighted by molar-refractivity contribution is 8.04. The van der Waals surface area contributed by atoms with Crippen LogP contribution in [0.2, 0.25) is 5.02 Å². The first kappa shape index (κ1) is 20.5. The summed E-state index contributed by atoms with van der Waals surface area (Å²) in [5.41, 5.74) is 1.28. The number of aliphatic hydroxyl groups excluding tert-OH is 1. The molecule has 5 nitrogen and oxygen atoms in total. The van der Waals surface area contributed by atoms with Gasteiger partial charge in [0.05, 0.1) is 34.4 Å². The van der Waals surface area contributed by atoms with Gasteiger partial charge in [0.15, 0.2) is 0 Å². The van der Waals surface area contributed by atoms with Gasteiger partial charge in [-0.2, -0.15) is 0 Å². The molecule has 1 heterocycles. The molecule has 1 aliphatic rings. The highest BCUT2D eigenvalue weighted by Crippen LogP contribution is 2.40. The lowest BCUT2D eigenvalue weighted by molar-refractivity contribution is -0.119. The quantitative estimate of drug-likeness (QED) is 0.654. The number of amides is 2. The number of halogens is 1. The van der Waals surface area contributed by atoms with Gasteiger partial charge in [-0.3, -0.25) is 9.59 Å². The van der Waals surface area contributed by atoms with Crippen molar-refractivity contribution in [3.05, 3.63) is 64.0 Å². The van der Waals surface area contributed by atoms with Crippen molar-refractivity contribution in [1.82, 2.24) is 0 Å². The number of nitrogens with zero attached hydrogens (tertiary/aromatic N) is 1. The molecule has 0 fully saturated rings. The molecule has 0 saturated heterocycles. The molecule has 2 amide bonds. The highest BCUT2D eigenvalue weighted by Gasteiger charge is 2.40. The van der Waals surface area contributed by atoms with E-state index >= 15 is 0 Å². The van der Waals surface area contributed by atoms with Crippen LogP contribution >= 0.6 is 23.4 Å². The summed E-state index contributed by atoms with van der Waals surface area (Å²) >= 11 is 7.39. The largest absolute Gasteiger partial charge is 0.494 e. The van der Waals surface area contributed by atoms with Crippen LogP contribution < -0.4 is 9.64 Å². The molecule has 146 valence electrons. The molecule has 0 bridgehead atoms. The lowest BCUT2D eigenvalue weighted by Crippen LogP contribution is -2.31. The molecule has 3 rings (SSSR count). The van der Waals surface area contributed by atoms with Crippen LogP contribution in [0.1, 0.15) is 18.9 Å². The van der Waals surface area contributed by atoms with Gasteiger partial charge in [-0.05, 0) is 36.2 Å². The first-order valence-corrected chi connectivity index (χ1v) is 10.3. The van der Waals surface area contributed by atoms with Crippen LogP contribution in [0.25, 0.3) is 5.57 Å². The Morgan fingerprint density at radius 3 is 2.43 bits per heavy atom. The second kappa shape index (κ2) is 9.28. The normalized spacial score (nSPS) is 14.2. The van der Waals surface area contributed by atoms with E-state index in [-0.39, 0.29) is 6.61 Å². The maximum absolute atomic E-state index is 13.2. The lowest BCUT2D eigenvalue weighted by Gasteiger charge is -2.16. The number of thioether (sulfide) groups is 1. The average Bonchev–Trinajstić information content (AvgIpc) is 2.95. The van der Waals surface area contributed by atoms with Crippen molar-refractivity contribution >= 4 is 46.4 Å². The molecular weight excluding hydrogens is 398 g/mol. The Morgan fingerprint density at radius 2 is 1.79 bits per heavy atom. The zero-order valence-corrected chi connectivity index (χ0v) is 16.9. The number of carbonyl (C=O) groups excluding carboxylic acids is 2. The van der Waals surface area contributed by atoms with E-state index in [0.29, 0.717) is 44.9 Å². The summed E-state index contributed by atoms with van der Waals surface area (Å²) in [6.07, 6.45) is 0.897. The fourth-order valence-electron chi connectivity index (χ4n) is 2.84. The monoisotopic (exact) mass is 417 g/mol. The summed E-state index contributed by atoms with van der Waals surface area (Å²) in [4.78, 5) is 27.6. The number of anilines is 1. The molecule has 1 aliphatic heterocycles. The number of imide groups is 1. The Balaban J connectivity index is 2.00. The highest BCUT2D eigenvalue weighted by atomic mass is 35.5. The zero-order chi connectivity index (χ0) is 20.1. The Morgan fingerprint density at radius 1 is 1.07 bits per heavy atom. The van der Waals surface area contributed by atoms with Gasteiger partial charge in [-0.25, -0.2) is 4.90 Å². The van der Waals surface area contributed by atoms with Crippen molar-refractivity contribution in [3.8, 4) is 5.75 Å². The van der Waals surface area contributed by atoms with Crippen LogP contribution in [0.4, 0.5) is 5.69 Å². The fraction of sp³-hybridized carbons (Fsp3) is 0.238. The second-order valence-corrected chi connectivity index (χ2v) is 7.56. The Hall–Kier alpha value is -2.28. The summed E-state index contributed by atoms with van der Waals surface area (Å²) in [7, 11) is 0. The third-order valence-corrected chi connectivity index (χ3v) is 5.46. The minimum absolute atomic E-state index is 0.0984. The number of rotatable bonds is 8. The number of para-hydroxylation sites is 1. The van der Waals surface area contributed by atoms with E-state index in [4.69, 9.17) is 16.3 Å². The van der Waals surface area contributed by atoms with Gasteiger partial charge in [0.2, 0.25) is 0 Å². The Labute approximate surface area is 172 Å². The molecule has 0 saturated carbocycles. The molecule has 2 aromatic carbocycles. The van der Waals surface area contributed by atoms with Gasteiger partial charge in [-0.1, -0.05) is 42.8 Å². The van der Waals surface area contributed by atoms with E-state index in [1.54, 1.807) is 48.5 Å². The summed E-state index contributed by atoms with van der Waals surface area (Å²) in [5, 5.41) is 9.51. The Bertz CT molecular complexity index is 911. The number of ether oxygens (including phenoxy) is 1. The maximum Gasteiger partial charge on any atom is 0.272 e. The number of benzene rings is 2. The van der Waals surface area contributed by atoms with Gasteiger partial charge < -0.3 is 9.84 Å². The Kier molecular flexibility index (Phi) is 6.78. The van der Waals surface area contributed by atoms with E-state index in [1.165, 1.54) is 0 Å². The topological polar surface area (TPSA) is 66.8 Å². The van der Waals surface area contributed by atoms with Crippen molar-refractivity contribution in [2.24, 2.45) is 0 Å². The van der Waals surface area contributed by atoms with E-state index in [2.05, 4.69) is 0 Å². The summed E-state index contributed by atoms with van der Waals surface area (Å²) in [6.45, 7) is 2.53. The zero-order valence-electron chi connectivity index (χ0n) is 15.4. The first-order chi connectivity index (χ1) is 13.6. The van der Waals surface area contributed by atoms with Crippen LogP contribution in [0, 0.1) is 0 Å². The smallest absolute Gasteiger partial charge is 0.272 e. The average molecular weight is 418 g/mol. The van der Waals surface area contributed by atoms with E-state index in [0.717, 1.165) is 23.1 Å². The van der Waals surface area contributed by atoms with Crippen LogP contribution in [-0.2, 0) is 9.59 Å². The third-order valence-electron chi connectivity index (χ3n) is 4.09. The van der Waals surface area contributed by atoms with Crippen LogP contribution in [-0.4, -0.2) is 35.9 Å². The van der Waals surface area contributed by atoms with Gasteiger partial charge in [0.25, 0.3) is 11.8 Å². The molecule has 7 heteroatoms. The number of hydrogen-bond donors (Lipinski definition) is 1. The van der Waals surface area contributed by atoms with Gasteiger partial charge in [-0.15, -0.1) is 11.8 Å². The molecule has 0 radical (unpaired) electrons. The summed E-state index contributed by atoms with van der Waals surface area (Å²) in [5.74, 6) is 0.153.